The molecule has 2 N–H and O–H groups in total. The molecular weight excluding hydrogens is 252 g/mol. The van der Waals surface area contributed by atoms with Crippen molar-refractivity contribution in [1.29, 1.82) is 0 Å². The predicted molar refractivity (Wildman–Crippen MR) is 81.7 cm³/mol. The van der Waals surface area contributed by atoms with Crippen molar-refractivity contribution in [3.8, 4) is 0 Å². The van der Waals surface area contributed by atoms with Crippen LogP contribution >= 0.6 is 0 Å². The Morgan fingerprint density at radius 1 is 1.00 bits per heavy atom. The summed E-state index contributed by atoms with van der Waals surface area (Å²) in [6.45, 7) is 11.3. The number of anilines is 1. The number of nitrogens with one attached hydrogen (secondary N) is 2. The first-order valence-corrected chi connectivity index (χ1v) is 6.73. The van der Waals surface area contributed by atoms with Crippen LogP contribution in [-0.2, 0) is 4.79 Å². The molecule has 0 heterocycles. The third kappa shape index (κ3) is 5.03. The van der Waals surface area contributed by atoms with E-state index in [1.165, 1.54) is 0 Å². The van der Waals surface area contributed by atoms with E-state index < -0.39 is 5.41 Å². The summed E-state index contributed by atoms with van der Waals surface area (Å²) in [5.74, 6) is -0.227. The molecule has 1 aromatic carbocycles. The molecule has 2 amide bonds. The Balaban J connectivity index is 2.86. The van der Waals surface area contributed by atoms with E-state index >= 15 is 0 Å². The molecule has 0 bridgehead atoms. The van der Waals surface area contributed by atoms with Crippen molar-refractivity contribution < 1.29 is 9.59 Å². The fraction of sp³-hybridized carbons (Fsp3) is 0.500. The molecule has 0 aliphatic heterocycles. The van der Waals surface area contributed by atoms with Crippen LogP contribution in [0, 0.1) is 5.41 Å². The third-order valence-corrected chi connectivity index (χ3v) is 2.55. The zero-order valence-electron chi connectivity index (χ0n) is 13.1. The SMILES string of the molecule is CC(C)(C)NC(=O)c1cccc(NC(=O)C(C)(C)C)c1. The van der Waals surface area contributed by atoms with Crippen LogP contribution in [0.5, 0.6) is 0 Å². The summed E-state index contributed by atoms with van der Waals surface area (Å²) in [6, 6.07) is 6.95. The van der Waals surface area contributed by atoms with Gasteiger partial charge in [-0.1, -0.05) is 26.8 Å². The van der Waals surface area contributed by atoms with Gasteiger partial charge in [-0.3, -0.25) is 9.59 Å². The van der Waals surface area contributed by atoms with E-state index in [2.05, 4.69) is 10.6 Å². The number of rotatable bonds is 2. The summed E-state index contributed by atoms with van der Waals surface area (Å²) in [5.41, 5.74) is 0.406. The molecule has 0 atom stereocenters. The Morgan fingerprint density at radius 3 is 2.10 bits per heavy atom. The standard InChI is InChI=1S/C16H24N2O2/c1-15(2,3)14(20)17-12-9-7-8-11(10-12)13(19)18-16(4,5)6/h7-10H,1-6H3,(H,17,20)(H,18,19). The van der Waals surface area contributed by atoms with Gasteiger partial charge in [-0.25, -0.2) is 0 Å². The molecule has 20 heavy (non-hydrogen) atoms. The third-order valence-electron chi connectivity index (χ3n) is 2.55. The van der Waals surface area contributed by atoms with Gasteiger partial charge in [0.2, 0.25) is 5.91 Å². The highest BCUT2D eigenvalue weighted by atomic mass is 16.2. The minimum Gasteiger partial charge on any atom is -0.347 e. The lowest BCUT2D eigenvalue weighted by molar-refractivity contribution is -0.123. The Bertz CT molecular complexity index is 508. The molecular formula is C16H24N2O2. The van der Waals surface area contributed by atoms with Gasteiger partial charge in [-0.2, -0.15) is 0 Å². The summed E-state index contributed by atoms with van der Waals surface area (Å²) < 4.78 is 0. The van der Waals surface area contributed by atoms with Gasteiger partial charge in [0.25, 0.3) is 5.91 Å². The molecule has 0 saturated carbocycles. The van der Waals surface area contributed by atoms with Crippen molar-refractivity contribution in [2.75, 3.05) is 5.32 Å². The second-order valence-corrected chi connectivity index (χ2v) is 6.99. The van der Waals surface area contributed by atoms with E-state index in [1.807, 2.05) is 41.5 Å². The van der Waals surface area contributed by atoms with Crippen LogP contribution in [0.2, 0.25) is 0 Å². The smallest absolute Gasteiger partial charge is 0.251 e. The van der Waals surface area contributed by atoms with Gasteiger partial charge in [0, 0.05) is 22.2 Å². The molecule has 0 radical (unpaired) electrons. The molecule has 0 spiro atoms. The maximum absolute atomic E-state index is 12.1. The van der Waals surface area contributed by atoms with E-state index in [-0.39, 0.29) is 17.4 Å². The highest BCUT2D eigenvalue weighted by molar-refractivity contribution is 5.98. The van der Waals surface area contributed by atoms with Gasteiger partial charge in [0.1, 0.15) is 0 Å². The van der Waals surface area contributed by atoms with Crippen LogP contribution in [0.25, 0.3) is 0 Å². The second kappa shape index (κ2) is 5.65. The van der Waals surface area contributed by atoms with Crippen molar-refractivity contribution in [3.63, 3.8) is 0 Å². The normalized spacial score (nSPS) is 11.9. The van der Waals surface area contributed by atoms with E-state index in [9.17, 15) is 9.59 Å². The van der Waals surface area contributed by atoms with Crippen molar-refractivity contribution in [1.82, 2.24) is 5.32 Å². The van der Waals surface area contributed by atoms with Gasteiger partial charge in [0.15, 0.2) is 0 Å². The first-order valence-electron chi connectivity index (χ1n) is 6.73. The van der Waals surface area contributed by atoms with Gasteiger partial charge in [-0.15, -0.1) is 0 Å². The molecule has 4 nitrogen and oxygen atoms in total. The number of hydrogen-bond donors (Lipinski definition) is 2. The Labute approximate surface area is 121 Å². The number of hydrogen-bond acceptors (Lipinski definition) is 2. The van der Waals surface area contributed by atoms with Crippen LogP contribution in [0.15, 0.2) is 24.3 Å². The lowest BCUT2D eigenvalue weighted by Crippen LogP contribution is -2.40. The van der Waals surface area contributed by atoms with Gasteiger partial charge in [0.05, 0.1) is 0 Å². The Kier molecular flexibility index (Phi) is 4.58. The monoisotopic (exact) mass is 276 g/mol. The molecule has 1 rings (SSSR count). The summed E-state index contributed by atoms with van der Waals surface area (Å²) in [7, 11) is 0. The van der Waals surface area contributed by atoms with E-state index in [1.54, 1.807) is 24.3 Å². The minimum absolute atomic E-state index is 0.0779. The van der Waals surface area contributed by atoms with Gasteiger partial charge in [-0.05, 0) is 39.0 Å². The van der Waals surface area contributed by atoms with Crippen LogP contribution in [0.3, 0.4) is 0 Å². The van der Waals surface area contributed by atoms with E-state index in [4.69, 9.17) is 0 Å². The predicted octanol–water partition coefficient (Wildman–Crippen LogP) is 3.20. The van der Waals surface area contributed by atoms with E-state index in [0.717, 1.165) is 0 Å². The first kappa shape index (κ1) is 16.2. The number of benzene rings is 1. The van der Waals surface area contributed by atoms with Crippen molar-refractivity contribution in [2.45, 2.75) is 47.1 Å². The van der Waals surface area contributed by atoms with Crippen LogP contribution in [-0.4, -0.2) is 17.4 Å². The number of carbonyl (C=O) groups is 2. The van der Waals surface area contributed by atoms with Crippen LogP contribution in [0.1, 0.15) is 51.9 Å². The molecule has 0 saturated heterocycles. The minimum atomic E-state index is -0.469. The fourth-order valence-electron chi connectivity index (χ4n) is 1.47. The lowest BCUT2D eigenvalue weighted by Gasteiger charge is -2.21. The topological polar surface area (TPSA) is 58.2 Å². The maximum atomic E-state index is 12.1. The molecule has 0 aliphatic carbocycles. The average Bonchev–Trinajstić information content (AvgIpc) is 2.25. The molecule has 0 fully saturated rings. The highest BCUT2D eigenvalue weighted by Gasteiger charge is 2.21. The highest BCUT2D eigenvalue weighted by Crippen LogP contribution is 2.18. The number of carbonyl (C=O) groups excluding carboxylic acids is 2. The maximum Gasteiger partial charge on any atom is 0.251 e. The molecule has 110 valence electrons. The molecule has 0 unspecified atom stereocenters. The summed E-state index contributed by atoms with van der Waals surface area (Å²) in [5, 5.41) is 5.72. The first-order chi connectivity index (χ1) is 8.99. The van der Waals surface area contributed by atoms with Gasteiger partial charge >= 0.3 is 0 Å². The average molecular weight is 276 g/mol. The second-order valence-electron chi connectivity index (χ2n) is 6.99. The quantitative estimate of drug-likeness (QED) is 0.871. The molecule has 0 aromatic heterocycles. The van der Waals surface area contributed by atoms with Crippen LogP contribution in [0.4, 0.5) is 5.69 Å². The summed E-state index contributed by atoms with van der Waals surface area (Å²) in [4.78, 5) is 24.0. The summed E-state index contributed by atoms with van der Waals surface area (Å²) >= 11 is 0. The van der Waals surface area contributed by atoms with Crippen LogP contribution < -0.4 is 10.6 Å². The molecule has 1 aromatic rings. The zero-order chi connectivity index (χ0) is 15.6. The van der Waals surface area contributed by atoms with Crippen molar-refractivity contribution in [2.24, 2.45) is 5.41 Å². The van der Waals surface area contributed by atoms with E-state index in [0.29, 0.717) is 11.3 Å². The van der Waals surface area contributed by atoms with Crippen molar-refractivity contribution >= 4 is 17.5 Å². The number of amides is 2. The Hall–Kier alpha value is -1.84. The molecule has 4 heteroatoms. The summed E-state index contributed by atoms with van der Waals surface area (Å²) in [6.07, 6.45) is 0. The van der Waals surface area contributed by atoms with Crippen molar-refractivity contribution in [3.05, 3.63) is 29.8 Å². The lowest BCUT2D eigenvalue weighted by atomic mass is 9.95. The Morgan fingerprint density at radius 2 is 1.60 bits per heavy atom. The largest absolute Gasteiger partial charge is 0.347 e. The van der Waals surface area contributed by atoms with Gasteiger partial charge < -0.3 is 10.6 Å². The fourth-order valence-corrected chi connectivity index (χ4v) is 1.47. The molecule has 0 aliphatic rings. The zero-order valence-corrected chi connectivity index (χ0v) is 13.1.